The molecule has 0 atom stereocenters. The molecule has 0 spiro atoms. The van der Waals surface area contributed by atoms with Crippen molar-refractivity contribution < 1.29 is 4.74 Å². The Bertz CT molecular complexity index is 273. The van der Waals surface area contributed by atoms with Crippen LogP contribution in [0, 0.1) is 0 Å². The zero-order valence-electron chi connectivity index (χ0n) is 9.37. The summed E-state index contributed by atoms with van der Waals surface area (Å²) in [5.74, 6) is 0. The average Bonchev–Trinajstić information content (AvgIpc) is 2.29. The van der Waals surface area contributed by atoms with Gasteiger partial charge in [0.2, 0.25) is 0 Å². The summed E-state index contributed by atoms with van der Waals surface area (Å²) in [4.78, 5) is 2.25. The van der Waals surface area contributed by atoms with Crippen molar-refractivity contribution in [3.05, 3.63) is 29.8 Å². The summed E-state index contributed by atoms with van der Waals surface area (Å²) in [7, 11) is 3.85. The summed E-state index contributed by atoms with van der Waals surface area (Å²) in [6.07, 6.45) is 1.06. The van der Waals surface area contributed by atoms with Gasteiger partial charge in [0.15, 0.2) is 0 Å². The zero-order valence-corrected chi connectivity index (χ0v) is 11.0. The Kier molecular flexibility index (Phi) is 5.73. The van der Waals surface area contributed by atoms with Crippen molar-refractivity contribution >= 4 is 21.6 Å². The maximum absolute atomic E-state index is 5.03. The lowest BCUT2D eigenvalue weighted by molar-refractivity contribution is 0.196. The first-order chi connectivity index (χ1) is 7.27. The average molecular weight is 272 g/mol. The summed E-state index contributed by atoms with van der Waals surface area (Å²) < 4.78 is 5.03. The van der Waals surface area contributed by atoms with Crippen molar-refractivity contribution in [2.24, 2.45) is 0 Å². The normalized spacial score (nSPS) is 10.3. The molecular weight excluding hydrogens is 254 g/mol. The van der Waals surface area contributed by atoms with Crippen LogP contribution in [0.25, 0.3) is 0 Å². The van der Waals surface area contributed by atoms with Crippen LogP contribution in [0.5, 0.6) is 0 Å². The molecule has 0 radical (unpaired) electrons. The molecule has 15 heavy (non-hydrogen) atoms. The van der Waals surface area contributed by atoms with Gasteiger partial charge in [0.05, 0.1) is 0 Å². The quantitative estimate of drug-likeness (QED) is 0.583. The first-order valence-corrected chi connectivity index (χ1v) is 6.25. The fourth-order valence-electron chi connectivity index (χ4n) is 1.41. The maximum atomic E-state index is 5.03. The highest BCUT2D eigenvalue weighted by atomic mass is 79.9. The molecule has 0 N–H and O–H groups in total. The lowest BCUT2D eigenvalue weighted by Gasteiger charge is -2.19. The van der Waals surface area contributed by atoms with Gasteiger partial charge < -0.3 is 9.64 Å². The van der Waals surface area contributed by atoms with Crippen molar-refractivity contribution in [1.29, 1.82) is 0 Å². The van der Waals surface area contributed by atoms with Gasteiger partial charge in [0, 0.05) is 38.3 Å². The Morgan fingerprint density at radius 2 is 1.93 bits per heavy atom. The van der Waals surface area contributed by atoms with Crippen LogP contribution in [0.1, 0.15) is 12.0 Å². The third kappa shape index (κ3) is 4.22. The van der Waals surface area contributed by atoms with Gasteiger partial charge >= 0.3 is 0 Å². The minimum absolute atomic E-state index is 0.823. The molecule has 2 nitrogen and oxygen atoms in total. The molecule has 0 aliphatic heterocycles. The van der Waals surface area contributed by atoms with Gasteiger partial charge in [-0.3, -0.25) is 0 Å². The predicted octanol–water partition coefficient (Wildman–Crippen LogP) is 3.05. The van der Waals surface area contributed by atoms with Gasteiger partial charge in [0.25, 0.3) is 0 Å². The zero-order chi connectivity index (χ0) is 11.1. The van der Waals surface area contributed by atoms with Crippen LogP contribution in [0.2, 0.25) is 0 Å². The van der Waals surface area contributed by atoms with E-state index < -0.39 is 0 Å². The number of hydrogen-bond acceptors (Lipinski definition) is 2. The van der Waals surface area contributed by atoms with E-state index >= 15 is 0 Å². The van der Waals surface area contributed by atoms with Crippen LogP contribution in [0.3, 0.4) is 0 Å². The van der Waals surface area contributed by atoms with Gasteiger partial charge in [-0.05, 0) is 24.1 Å². The van der Waals surface area contributed by atoms with Crippen molar-refractivity contribution in [2.45, 2.75) is 11.8 Å². The Labute approximate surface area is 100 Å². The molecule has 0 bridgehead atoms. The second-order valence-corrected chi connectivity index (χ2v) is 4.13. The first-order valence-electron chi connectivity index (χ1n) is 5.13. The van der Waals surface area contributed by atoms with E-state index in [1.807, 2.05) is 0 Å². The van der Waals surface area contributed by atoms with Crippen molar-refractivity contribution in [2.75, 3.05) is 32.2 Å². The number of hydrogen-bond donors (Lipinski definition) is 0. The lowest BCUT2D eigenvalue weighted by Crippen LogP contribution is -2.19. The van der Waals surface area contributed by atoms with Gasteiger partial charge in [-0.1, -0.05) is 28.1 Å². The van der Waals surface area contributed by atoms with Crippen LogP contribution in [0.15, 0.2) is 24.3 Å². The Balaban J connectivity index is 2.46. The summed E-state index contributed by atoms with van der Waals surface area (Å²) in [6.45, 7) is 1.85. The van der Waals surface area contributed by atoms with Crippen LogP contribution in [0.4, 0.5) is 5.69 Å². The summed E-state index contributed by atoms with van der Waals surface area (Å²) in [5, 5.41) is 0.917. The molecule has 84 valence electrons. The minimum atomic E-state index is 0.823. The highest BCUT2D eigenvalue weighted by Crippen LogP contribution is 2.15. The van der Waals surface area contributed by atoms with Crippen LogP contribution < -0.4 is 4.90 Å². The number of nitrogens with zero attached hydrogens (tertiary/aromatic N) is 1. The van der Waals surface area contributed by atoms with E-state index in [-0.39, 0.29) is 0 Å². The van der Waals surface area contributed by atoms with Crippen molar-refractivity contribution in [3.63, 3.8) is 0 Å². The Morgan fingerprint density at radius 1 is 1.27 bits per heavy atom. The summed E-state index contributed by atoms with van der Waals surface area (Å²) >= 11 is 3.44. The molecule has 0 aliphatic rings. The number of alkyl halides is 1. The molecule has 0 fully saturated rings. The standard InChI is InChI=1S/C12H18BrNO/c1-14(8-3-9-15-2)12-6-4-11(10-13)5-7-12/h4-7H,3,8-10H2,1-2H3. The van der Waals surface area contributed by atoms with E-state index in [1.165, 1.54) is 11.3 Å². The second kappa shape index (κ2) is 6.85. The molecule has 0 saturated heterocycles. The highest BCUT2D eigenvalue weighted by Gasteiger charge is 1.99. The SMILES string of the molecule is COCCCN(C)c1ccc(CBr)cc1. The molecule has 0 heterocycles. The number of anilines is 1. The van der Waals surface area contributed by atoms with Crippen LogP contribution in [-0.2, 0) is 10.1 Å². The predicted molar refractivity (Wildman–Crippen MR) is 68.8 cm³/mol. The van der Waals surface area contributed by atoms with Gasteiger partial charge in [-0.2, -0.15) is 0 Å². The minimum Gasteiger partial charge on any atom is -0.385 e. The molecule has 0 saturated carbocycles. The Hall–Kier alpha value is -0.540. The molecule has 0 aromatic heterocycles. The molecule has 0 aliphatic carbocycles. The largest absolute Gasteiger partial charge is 0.385 e. The van der Waals surface area contributed by atoms with Gasteiger partial charge in [-0.15, -0.1) is 0 Å². The third-order valence-electron chi connectivity index (χ3n) is 2.37. The number of ether oxygens (including phenoxy) is 1. The monoisotopic (exact) mass is 271 g/mol. The summed E-state index contributed by atoms with van der Waals surface area (Å²) in [5.41, 5.74) is 2.57. The van der Waals surface area contributed by atoms with E-state index in [0.29, 0.717) is 0 Å². The number of benzene rings is 1. The molecule has 1 aromatic rings. The molecule has 3 heteroatoms. The van der Waals surface area contributed by atoms with Gasteiger partial charge in [-0.25, -0.2) is 0 Å². The molecule has 0 amide bonds. The van der Waals surface area contributed by atoms with Gasteiger partial charge in [0.1, 0.15) is 0 Å². The second-order valence-electron chi connectivity index (χ2n) is 3.57. The van der Waals surface area contributed by atoms with E-state index in [2.05, 4.69) is 52.1 Å². The van der Waals surface area contributed by atoms with E-state index in [1.54, 1.807) is 7.11 Å². The number of halogens is 1. The fourth-order valence-corrected chi connectivity index (χ4v) is 1.79. The molecular formula is C12H18BrNO. The third-order valence-corrected chi connectivity index (χ3v) is 3.02. The van der Waals surface area contributed by atoms with Crippen LogP contribution >= 0.6 is 15.9 Å². The topological polar surface area (TPSA) is 12.5 Å². The first kappa shape index (κ1) is 12.5. The molecule has 1 aromatic carbocycles. The van der Waals surface area contributed by atoms with Crippen molar-refractivity contribution in [3.8, 4) is 0 Å². The molecule has 0 unspecified atom stereocenters. The molecule has 1 rings (SSSR count). The lowest BCUT2D eigenvalue weighted by atomic mass is 10.2. The fraction of sp³-hybridized carbons (Fsp3) is 0.500. The van der Waals surface area contributed by atoms with Crippen LogP contribution in [-0.4, -0.2) is 27.3 Å². The highest BCUT2D eigenvalue weighted by molar-refractivity contribution is 9.08. The van der Waals surface area contributed by atoms with E-state index in [0.717, 1.165) is 24.9 Å². The number of rotatable bonds is 6. The number of methoxy groups -OCH3 is 1. The Morgan fingerprint density at radius 3 is 2.47 bits per heavy atom. The summed E-state index contributed by atoms with van der Waals surface area (Å²) in [6, 6.07) is 8.61. The van der Waals surface area contributed by atoms with E-state index in [9.17, 15) is 0 Å². The maximum Gasteiger partial charge on any atom is 0.0479 e. The smallest absolute Gasteiger partial charge is 0.0479 e. The van der Waals surface area contributed by atoms with Crippen molar-refractivity contribution in [1.82, 2.24) is 0 Å². The van der Waals surface area contributed by atoms with E-state index in [4.69, 9.17) is 4.74 Å².